The Bertz CT molecular complexity index is 1220. The van der Waals surface area contributed by atoms with Gasteiger partial charge in [0.15, 0.2) is 0 Å². The van der Waals surface area contributed by atoms with Gasteiger partial charge in [-0.3, -0.25) is 9.69 Å². The van der Waals surface area contributed by atoms with Crippen LogP contribution in [0.15, 0.2) is 36.4 Å². The molecular weight excluding hydrogens is 576 g/mol. The van der Waals surface area contributed by atoms with E-state index in [1.807, 2.05) is 11.8 Å². The van der Waals surface area contributed by atoms with Gasteiger partial charge in [0.25, 0.3) is 0 Å². The molecule has 2 aromatic rings. The fourth-order valence-corrected chi connectivity index (χ4v) is 7.03. The number of thioether (sulfide) groups is 1. The fourth-order valence-electron chi connectivity index (χ4n) is 5.95. The smallest absolute Gasteiger partial charge is 0.341 e. The van der Waals surface area contributed by atoms with Crippen LogP contribution in [-0.4, -0.2) is 59.4 Å². The summed E-state index contributed by atoms with van der Waals surface area (Å²) in [5.74, 6) is -0.835. The molecule has 0 N–H and O–H groups in total. The van der Waals surface area contributed by atoms with Crippen LogP contribution in [0.1, 0.15) is 61.3 Å². The predicted octanol–water partition coefficient (Wildman–Crippen LogP) is 7.49. The van der Waals surface area contributed by atoms with E-state index in [2.05, 4.69) is 4.90 Å². The maximum atomic E-state index is 15.1. The van der Waals surface area contributed by atoms with Gasteiger partial charge in [-0.1, -0.05) is 6.07 Å². The number of carbonyl (C=O) groups is 1. The zero-order valence-corrected chi connectivity index (χ0v) is 23.7. The van der Waals surface area contributed by atoms with Crippen LogP contribution in [0.2, 0.25) is 0 Å². The van der Waals surface area contributed by atoms with Crippen molar-refractivity contribution in [2.75, 3.05) is 31.6 Å². The third kappa shape index (κ3) is 6.84. The lowest BCUT2D eigenvalue weighted by atomic mass is 9.79. The Labute approximate surface area is 238 Å². The SMILES string of the molecule is CN(C(=O)C(C)(C)c1cc(C(F)(F)F)cc(C(F)(F)F)c1)[C@@H]1CCN(C2CCSCC2)C[C@H]1c1ccc(F)cc1F. The van der Waals surface area contributed by atoms with E-state index in [4.69, 9.17) is 0 Å². The minimum absolute atomic E-state index is 0.0284. The molecule has 1 amide bonds. The third-order valence-electron chi connectivity index (χ3n) is 8.34. The van der Waals surface area contributed by atoms with Gasteiger partial charge in [0.2, 0.25) is 5.91 Å². The van der Waals surface area contributed by atoms with E-state index in [-0.39, 0.29) is 17.7 Å². The summed E-state index contributed by atoms with van der Waals surface area (Å²) in [5.41, 5.74) is -5.01. The van der Waals surface area contributed by atoms with Crippen molar-refractivity contribution in [3.05, 3.63) is 70.3 Å². The van der Waals surface area contributed by atoms with Crippen LogP contribution in [0.5, 0.6) is 0 Å². The second-order valence-corrected chi connectivity index (χ2v) is 12.5. The number of alkyl halides is 6. The van der Waals surface area contributed by atoms with Crippen LogP contribution < -0.4 is 0 Å². The summed E-state index contributed by atoms with van der Waals surface area (Å²) in [7, 11) is 1.44. The molecule has 2 atom stereocenters. The second-order valence-electron chi connectivity index (χ2n) is 11.3. The lowest BCUT2D eigenvalue weighted by molar-refractivity contribution is -0.144. The standard InChI is InChI=1S/C29H32F8N2OS/c1-27(2,17-12-18(28(32,33)34)14-19(13-17)29(35,36)37)26(40)38(3)25-6-9-39(21-7-10-41-11-8-21)16-23(25)22-5-4-20(30)15-24(22)31/h4-5,12-15,21,23,25H,6-11,16H2,1-3H3/t23-,25+/m0/s1. The first-order valence-corrected chi connectivity index (χ1v) is 14.5. The summed E-state index contributed by atoms with van der Waals surface area (Å²) < 4.78 is 110. The number of halogens is 8. The van der Waals surface area contributed by atoms with Crippen molar-refractivity contribution in [2.24, 2.45) is 0 Å². The number of likely N-dealkylation sites (N-methyl/N-ethyl adjacent to an activating group) is 1. The minimum atomic E-state index is -5.06. The molecular formula is C29H32F8N2OS. The number of nitrogens with zero attached hydrogens (tertiary/aromatic N) is 2. The van der Waals surface area contributed by atoms with Crippen LogP contribution >= 0.6 is 11.8 Å². The number of hydrogen-bond donors (Lipinski definition) is 0. The van der Waals surface area contributed by atoms with Crippen molar-refractivity contribution in [1.82, 2.24) is 9.80 Å². The molecule has 2 fully saturated rings. The van der Waals surface area contributed by atoms with Gasteiger partial charge in [-0.05, 0) is 80.0 Å². The molecule has 3 nitrogen and oxygen atoms in total. The third-order valence-corrected chi connectivity index (χ3v) is 9.39. The lowest BCUT2D eigenvalue weighted by Crippen LogP contribution is -2.55. The van der Waals surface area contributed by atoms with Crippen LogP contribution in [-0.2, 0) is 22.6 Å². The van der Waals surface area contributed by atoms with Crippen molar-refractivity contribution < 1.29 is 39.9 Å². The van der Waals surface area contributed by atoms with Gasteiger partial charge in [0.05, 0.1) is 16.5 Å². The van der Waals surface area contributed by atoms with Gasteiger partial charge in [-0.2, -0.15) is 38.1 Å². The van der Waals surface area contributed by atoms with Crippen molar-refractivity contribution >= 4 is 17.7 Å². The Kier molecular flexibility index (Phi) is 9.05. The first-order chi connectivity index (χ1) is 19.0. The van der Waals surface area contributed by atoms with E-state index < -0.39 is 64.0 Å². The molecule has 41 heavy (non-hydrogen) atoms. The molecule has 0 saturated carbocycles. The summed E-state index contributed by atoms with van der Waals surface area (Å²) in [6.45, 7) is 3.52. The van der Waals surface area contributed by atoms with Crippen molar-refractivity contribution in [1.29, 1.82) is 0 Å². The highest BCUT2D eigenvalue weighted by Crippen LogP contribution is 2.41. The van der Waals surface area contributed by atoms with E-state index in [1.165, 1.54) is 31.9 Å². The largest absolute Gasteiger partial charge is 0.416 e. The molecule has 2 heterocycles. The van der Waals surface area contributed by atoms with Crippen LogP contribution in [0.3, 0.4) is 0 Å². The number of benzene rings is 2. The second kappa shape index (κ2) is 11.7. The topological polar surface area (TPSA) is 23.6 Å². The van der Waals surface area contributed by atoms with Gasteiger partial charge in [0.1, 0.15) is 11.6 Å². The van der Waals surface area contributed by atoms with Crippen molar-refractivity contribution in [2.45, 2.75) is 68.9 Å². The molecule has 226 valence electrons. The molecule has 0 aliphatic carbocycles. The van der Waals surface area contributed by atoms with Gasteiger partial charge in [-0.25, -0.2) is 8.78 Å². The summed E-state index contributed by atoms with van der Waals surface area (Å²) in [6.07, 6.45) is -7.81. The molecule has 2 aliphatic rings. The molecule has 2 saturated heterocycles. The summed E-state index contributed by atoms with van der Waals surface area (Å²) in [5, 5.41) is 0. The zero-order chi connectivity index (χ0) is 30.3. The van der Waals surface area contributed by atoms with Crippen molar-refractivity contribution in [3.8, 4) is 0 Å². The monoisotopic (exact) mass is 608 g/mol. The van der Waals surface area contributed by atoms with Crippen LogP contribution in [0.25, 0.3) is 0 Å². The molecule has 0 radical (unpaired) electrons. The molecule has 12 heteroatoms. The van der Waals surface area contributed by atoms with Gasteiger partial charge < -0.3 is 4.90 Å². The van der Waals surface area contributed by atoms with E-state index in [0.29, 0.717) is 31.6 Å². The van der Waals surface area contributed by atoms with Gasteiger partial charge in [-0.15, -0.1) is 0 Å². The van der Waals surface area contributed by atoms with Gasteiger partial charge in [0, 0.05) is 44.2 Å². The highest BCUT2D eigenvalue weighted by Gasteiger charge is 2.44. The highest BCUT2D eigenvalue weighted by molar-refractivity contribution is 7.99. The van der Waals surface area contributed by atoms with E-state index in [1.54, 1.807) is 0 Å². The van der Waals surface area contributed by atoms with E-state index >= 15 is 4.39 Å². The summed E-state index contributed by atoms with van der Waals surface area (Å²) >= 11 is 1.86. The maximum Gasteiger partial charge on any atom is 0.416 e. The molecule has 2 aromatic carbocycles. The van der Waals surface area contributed by atoms with E-state index in [0.717, 1.165) is 36.5 Å². The average Bonchev–Trinajstić information content (AvgIpc) is 2.91. The number of rotatable bonds is 5. The average molecular weight is 609 g/mol. The number of carbonyl (C=O) groups excluding carboxylic acids is 1. The Morgan fingerprint density at radius 3 is 1.98 bits per heavy atom. The molecule has 0 bridgehead atoms. The fraction of sp³-hybridized carbons (Fsp3) is 0.552. The summed E-state index contributed by atoms with van der Waals surface area (Å²) in [4.78, 5) is 17.4. The maximum absolute atomic E-state index is 15.1. The molecule has 0 aromatic heterocycles. The molecule has 2 aliphatic heterocycles. The van der Waals surface area contributed by atoms with Crippen LogP contribution in [0.4, 0.5) is 35.1 Å². The lowest BCUT2D eigenvalue weighted by Gasteiger charge is -2.47. The molecule has 4 rings (SSSR count). The predicted molar refractivity (Wildman–Crippen MR) is 142 cm³/mol. The Morgan fingerprint density at radius 2 is 1.44 bits per heavy atom. The number of likely N-dealkylation sites (tertiary alicyclic amines) is 1. The van der Waals surface area contributed by atoms with Crippen LogP contribution in [0, 0.1) is 11.6 Å². The minimum Gasteiger partial charge on any atom is -0.341 e. The van der Waals surface area contributed by atoms with E-state index in [9.17, 15) is 35.5 Å². The number of piperidine rings is 1. The first-order valence-electron chi connectivity index (χ1n) is 13.3. The first kappa shape index (κ1) is 31.6. The molecule has 0 unspecified atom stereocenters. The van der Waals surface area contributed by atoms with Crippen molar-refractivity contribution in [3.63, 3.8) is 0 Å². The quantitative estimate of drug-likeness (QED) is 0.329. The Morgan fingerprint density at radius 1 is 0.878 bits per heavy atom. The molecule has 0 spiro atoms. The number of amides is 1. The van der Waals surface area contributed by atoms with Gasteiger partial charge >= 0.3 is 12.4 Å². The summed E-state index contributed by atoms with van der Waals surface area (Å²) in [6, 6.07) is 4.07. The number of hydrogen-bond acceptors (Lipinski definition) is 3. The normalized spacial score (nSPS) is 21.6. The Balaban J connectivity index is 1.69. The highest BCUT2D eigenvalue weighted by atomic mass is 32.2. The Hall–Kier alpha value is -2.34. The zero-order valence-electron chi connectivity index (χ0n) is 22.9.